The molecule has 0 aromatic rings. The zero-order valence-corrected chi connectivity index (χ0v) is 11.8. The van der Waals surface area contributed by atoms with Crippen molar-refractivity contribution in [1.29, 1.82) is 0 Å². The Labute approximate surface area is 104 Å². The van der Waals surface area contributed by atoms with Gasteiger partial charge in [0.2, 0.25) is 0 Å². The van der Waals surface area contributed by atoms with Gasteiger partial charge in [-0.15, -0.1) is 0 Å². The minimum Gasteiger partial charge on any atom is -0.462 e. The molecule has 0 fully saturated rings. The standard InChI is InChI=1S/C12H22O4S/c1-5-7-8-17(14,15)11(9-10(3)4)12(13)16-6-2/h9-10H,5-8H2,1-4H3/b11-9+. The molecule has 17 heavy (non-hydrogen) atoms. The van der Waals surface area contributed by atoms with Gasteiger partial charge in [-0.3, -0.25) is 0 Å². The highest BCUT2D eigenvalue weighted by Crippen LogP contribution is 2.15. The van der Waals surface area contributed by atoms with E-state index < -0.39 is 15.8 Å². The van der Waals surface area contributed by atoms with Gasteiger partial charge in [0, 0.05) is 0 Å². The summed E-state index contributed by atoms with van der Waals surface area (Å²) in [6.07, 6.45) is 2.79. The van der Waals surface area contributed by atoms with Crippen molar-refractivity contribution < 1.29 is 17.9 Å². The van der Waals surface area contributed by atoms with Gasteiger partial charge in [-0.2, -0.15) is 0 Å². The minimum absolute atomic E-state index is 0.000861. The number of hydrogen-bond donors (Lipinski definition) is 0. The van der Waals surface area contributed by atoms with Crippen LogP contribution < -0.4 is 0 Å². The second-order valence-electron chi connectivity index (χ2n) is 4.17. The van der Waals surface area contributed by atoms with Crippen LogP contribution in [0, 0.1) is 5.92 Å². The fraction of sp³-hybridized carbons (Fsp3) is 0.750. The van der Waals surface area contributed by atoms with Crippen LogP contribution in [-0.4, -0.2) is 26.7 Å². The predicted octanol–water partition coefficient (Wildman–Crippen LogP) is 2.30. The van der Waals surface area contributed by atoms with E-state index in [9.17, 15) is 13.2 Å². The molecule has 4 nitrogen and oxygen atoms in total. The van der Waals surface area contributed by atoms with E-state index in [1.165, 1.54) is 6.08 Å². The smallest absolute Gasteiger partial charge is 0.349 e. The Kier molecular flexibility index (Phi) is 7.11. The normalized spacial score (nSPS) is 12.9. The molecule has 0 unspecified atom stereocenters. The van der Waals surface area contributed by atoms with Crippen LogP contribution in [-0.2, 0) is 19.4 Å². The van der Waals surface area contributed by atoms with Gasteiger partial charge in [0.25, 0.3) is 0 Å². The van der Waals surface area contributed by atoms with E-state index in [0.717, 1.165) is 6.42 Å². The third-order valence-electron chi connectivity index (χ3n) is 2.06. The van der Waals surface area contributed by atoms with Crippen LogP contribution in [0.15, 0.2) is 11.0 Å². The average molecular weight is 262 g/mol. The number of hydrogen-bond acceptors (Lipinski definition) is 4. The van der Waals surface area contributed by atoms with Crippen LogP contribution in [0.4, 0.5) is 0 Å². The number of ether oxygens (including phenoxy) is 1. The zero-order valence-electron chi connectivity index (χ0n) is 11.0. The Morgan fingerprint density at radius 2 is 1.88 bits per heavy atom. The van der Waals surface area contributed by atoms with Gasteiger partial charge >= 0.3 is 5.97 Å². The lowest BCUT2D eigenvalue weighted by molar-refractivity contribution is -0.137. The molecule has 0 aliphatic heterocycles. The maximum absolute atomic E-state index is 12.0. The third-order valence-corrected chi connectivity index (χ3v) is 3.86. The van der Waals surface area contributed by atoms with E-state index in [2.05, 4.69) is 0 Å². The second kappa shape index (κ2) is 7.48. The molecule has 100 valence electrons. The van der Waals surface area contributed by atoms with Crippen LogP contribution in [0.2, 0.25) is 0 Å². The Hall–Kier alpha value is -0.840. The first-order chi connectivity index (χ1) is 7.85. The molecule has 0 aromatic heterocycles. The summed E-state index contributed by atoms with van der Waals surface area (Å²) in [6, 6.07) is 0. The van der Waals surface area contributed by atoms with Gasteiger partial charge in [0.1, 0.15) is 4.91 Å². The van der Waals surface area contributed by atoms with E-state index in [0.29, 0.717) is 6.42 Å². The molecule has 0 aromatic carbocycles. The van der Waals surface area contributed by atoms with Crippen molar-refractivity contribution in [2.75, 3.05) is 12.4 Å². The molecule has 0 aliphatic carbocycles. The summed E-state index contributed by atoms with van der Waals surface area (Å²) >= 11 is 0. The highest BCUT2D eigenvalue weighted by Gasteiger charge is 2.25. The van der Waals surface area contributed by atoms with Crippen molar-refractivity contribution in [1.82, 2.24) is 0 Å². The molecule has 0 bridgehead atoms. The molecule has 0 amide bonds. The topological polar surface area (TPSA) is 60.4 Å². The van der Waals surface area contributed by atoms with Crippen LogP contribution >= 0.6 is 0 Å². The summed E-state index contributed by atoms with van der Waals surface area (Å²) in [7, 11) is -3.51. The van der Waals surface area contributed by atoms with Crippen LogP contribution in [0.3, 0.4) is 0 Å². The van der Waals surface area contributed by atoms with Gasteiger partial charge in [0.15, 0.2) is 9.84 Å². The van der Waals surface area contributed by atoms with Crippen molar-refractivity contribution in [3.8, 4) is 0 Å². The van der Waals surface area contributed by atoms with Gasteiger partial charge < -0.3 is 4.74 Å². The van der Waals surface area contributed by atoms with Crippen LogP contribution in [0.25, 0.3) is 0 Å². The maximum Gasteiger partial charge on any atom is 0.349 e. The monoisotopic (exact) mass is 262 g/mol. The molecule has 0 N–H and O–H groups in total. The van der Waals surface area contributed by atoms with Gasteiger partial charge in [-0.05, 0) is 19.3 Å². The first-order valence-corrected chi connectivity index (χ1v) is 7.62. The third kappa shape index (κ3) is 5.86. The van der Waals surface area contributed by atoms with Gasteiger partial charge in [-0.1, -0.05) is 33.3 Å². The number of rotatable bonds is 7. The van der Waals surface area contributed by atoms with Gasteiger partial charge in [0.05, 0.1) is 12.4 Å². The van der Waals surface area contributed by atoms with Crippen molar-refractivity contribution in [2.45, 2.75) is 40.5 Å². The number of sulfone groups is 1. The van der Waals surface area contributed by atoms with Crippen molar-refractivity contribution in [3.63, 3.8) is 0 Å². The molecule has 0 rings (SSSR count). The molecule has 0 atom stereocenters. The van der Waals surface area contributed by atoms with E-state index in [1.54, 1.807) is 6.92 Å². The average Bonchev–Trinajstić information content (AvgIpc) is 2.23. The Morgan fingerprint density at radius 3 is 2.29 bits per heavy atom. The summed E-state index contributed by atoms with van der Waals surface area (Å²) in [6.45, 7) is 7.40. The maximum atomic E-state index is 12.0. The quantitative estimate of drug-likeness (QED) is 0.522. The molecule has 5 heteroatoms. The molecule has 0 saturated heterocycles. The lowest BCUT2D eigenvalue weighted by atomic mass is 10.2. The number of carbonyl (C=O) groups excluding carboxylic acids is 1. The highest BCUT2D eigenvalue weighted by atomic mass is 32.2. The summed E-state index contributed by atoms with van der Waals surface area (Å²) in [4.78, 5) is 11.4. The Morgan fingerprint density at radius 1 is 1.29 bits per heavy atom. The first-order valence-electron chi connectivity index (χ1n) is 5.96. The number of esters is 1. The van der Waals surface area contributed by atoms with E-state index in [4.69, 9.17) is 4.74 Å². The number of unbranched alkanes of at least 4 members (excludes halogenated alkanes) is 1. The van der Waals surface area contributed by atoms with E-state index in [1.807, 2.05) is 20.8 Å². The van der Waals surface area contributed by atoms with Crippen molar-refractivity contribution in [2.24, 2.45) is 5.92 Å². The summed E-state index contributed by atoms with van der Waals surface area (Å²) in [5.41, 5.74) is 0. The largest absolute Gasteiger partial charge is 0.462 e. The number of allylic oxidation sites excluding steroid dienone is 1. The lowest BCUT2D eigenvalue weighted by Crippen LogP contribution is -2.19. The zero-order chi connectivity index (χ0) is 13.5. The summed E-state index contributed by atoms with van der Waals surface area (Å²) < 4.78 is 28.7. The summed E-state index contributed by atoms with van der Waals surface area (Å²) in [5.74, 6) is -0.746. The van der Waals surface area contributed by atoms with Crippen molar-refractivity contribution >= 4 is 15.8 Å². The minimum atomic E-state index is -3.51. The highest BCUT2D eigenvalue weighted by molar-refractivity contribution is 7.96. The van der Waals surface area contributed by atoms with E-state index in [-0.39, 0.29) is 23.2 Å². The molecule has 0 aliphatic rings. The molecule has 0 saturated carbocycles. The Bertz CT molecular complexity index is 366. The molecular weight excluding hydrogens is 240 g/mol. The van der Waals surface area contributed by atoms with E-state index >= 15 is 0 Å². The molecule has 0 spiro atoms. The van der Waals surface area contributed by atoms with Crippen molar-refractivity contribution in [3.05, 3.63) is 11.0 Å². The SMILES string of the molecule is CCCCS(=O)(=O)/C(=C/C(C)C)C(=O)OCC. The van der Waals surface area contributed by atoms with Crippen LogP contribution in [0.1, 0.15) is 40.5 Å². The number of carbonyl (C=O) groups is 1. The fourth-order valence-corrected chi connectivity index (χ4v) is 2.93. The molecule has 0 heterocycles. The van der Waals surface area contributed by atoms with Gasteiger partial charge in [-0.25, -0.2) is 13.2 Å². The molecular formula is C12H22O4S. The predicted molar refractivity (Wildman–Crippen MR) is 68.2 cm³/mol. The lowest BCUT2D eigenvalue weighted by Gasteiger charge is -2.09. The first kappa shape index (κ1) is 16.2. The second-order valence-corrected chi connectivity index (χ2v) is 6.25. The molecule has 0 radical (unpaired) electrons. The van der Waals surface area contributed by atoms with Crippen LogP contribution in [0.5, 0.6) is 0 Å². The Balaban J connectivity index is 5.12. The summed E-state index contributed by atoms with van der Waals surface area (Å²) in [5, 5.41) is 0. The fourth-order valence-electron chi connectivity index (χ4n) is 1.25.